The monoisotopic (exact) mass is 766 g/mol. The lowest BCUT2D eigenvalue weighted by Gasteiger charge is -2.40. The van der Waals surface area contributed by atoms with Crippen molar-refractivity contribution in [1.82, 2.24) is 0 Å². The molecule has 0 unspecified atom stereocenters. The molecule has 2 aliphatic carbocycles. The van der Waals surface area contributed by atoms with Crippen molar-refractivity contribution in [2.24, 2.45) is 0 Å². The van der Waals surface area contributed by atoms with Gasteiger partial charge in [-0.25, -0.2) is 0 Å². The molecule has 0 N–H and O–H groups in total. The van der Waals surface area contributed by atoms with Crippen molar-refractivity contribution in [3.05, 3.63) is 210 Å². The van der Waals surface area contributed by atoms with E-state index in [0.717, 1.165) is 113 Å². The van der Waals surface area contributed by atoms with Crippen molar-refractivity contribution < 1.29 is 13.6 Å². The molecule has 0 atom stereocenters. The molecule has 0 saturated heterocycles. The molecule has 3 nitrogen and oxygen atoms in total. The van der Waals surface area contributed by atoms with Crippen LogP contribution in [-0.4, -0.2) is 0 Å². The van der Waals surface area contributed by atoms with Gasteiger partial charge in [0.2, 0.25) is 0 Å². The van der Waals surface area contributed by atoms with E-state index in [-0.39, 0.29) is 0 Å². The molecule has 0 fully saturated rings. The van der Waals surface area contributed by atoms with Gasteiger partial charge in [-0.3, -0.25) is 0 Å². The first-order chi connectivity index (χ1) is 29.7. The number of aryl methyl sites for hydroxylation is 1. The molecule has 0 saturated carbocycles. The van der Waals surface area contributed by atoms with E-state index in [1.165, 1.54) is 33.2 Å². The number of furan rings is 2. The summed E-state index contributed by atoms with van der Waals surface area (Å²) >= 11 is 0. The summed E-state index contributed by atoms with van der Waals surface area (Å²) < 4.78 is 20.7. The Morgan fingerprint density at radius 3 is 1.65 bits per heavy atom. The van der Waals surface area contributed by atoms with Crippen molar-refractivity contribution >= 4 is 60.5 Å². The maximum Gasteiger partial charge on any atom is 0.143 e. The van der Waals surface area contributed by atoms with Crippen molar-refractivity contribution in [1.29, 1.82) is 0 Å². The van der Waals surface area contributed by atoms with Crippen molar-refractivity contribution in [2.75, 3.05) is 0 Å². The van der Waals surface area contributed by atoms with Gasteiger partial charge in [-0.15, -0.1) is 0 Å². The molecule has 11 aromatic rings. The third-order valence-corrected chi connectivity index (χ3v) is 13.6. The van der Waals surface area contributed by atoms with Gasteiger partial charge in [0.25, 0.3) is 0 Å². The number of hydrogen-bond acceptors (Lipinski definition) is 3. The Morgan fingerprint density at radius 2 is 0.983 bits per heavy atom. The van der Waals surface area contributed by atoms with Crippen LogP contribution in [-0.2, 0) is 11.8 Å². The fourth-order valence-corrected chi connectivity index (χ4v) is 11.0. The largest absolute Gasteiger partial charge is 0.456 e. The Labute approximate surface area is 345 Å². The quantitative estimate of drug-likeness (QED) is 0.176. The minimum atomic E-state index is -0.728. The van der Waals surface area contributed by atoms with Gasteiger partial charge >= 0.3 is 0 Å². The summed E-state index contributed by atoms with van der Waals surface area (Å²) in [6, 6.07) is 62.0. The summed E-state index contributed by atoms with van der Waals surface area (Å²) in [7, 11) is 0. The molecule has 1 spiro atoms. The fourth-order valence-electron chi connectivity index (χ4n) is 11.0. The van der Waals surface area contributed by atoms with E-state index in [1.54, 1.807) is 0 Å². The Kier molecular flexibility index (Phi) is 6.33. The predicted octanol–water partition coefficient (Wildman–Crippen LogP) is 15.4. The second-order valence-electron chi connectivity index (χ2n) is 16.5. The molecular weight excluding hydrogens is 733 g/mol. The van der Waals surface area contributed by atoms with Gasteiger partial charge in [-0.1, -0.05) is 158 Å². The standard InChI is InChI=1S/C57H34O3/c1-3-13-37-33(11-1)25-29-47-55(37)60-56-38-14-4-2-12-34(38)26-30-48(56)57(47)49-31-35(39-17-9-19-45-43-15-5-7-21-51(43)58-53(39)45)23-27-41(49)42-28-24-36(32-50(42)57)40-18-10-20-46-44-16-6-8-22-52(44)59-54(40)46/h1-5,7-15,17-32H,6,16H2. The van der Waals surface area contributed by atoms with Crippen LogP contribution in [0.15, 0.2) is 185 Å². The topological polar surface area (TPSA) is 35.5 Å². The molecule has 0 amide bonds. The lowest BCUT2D eigenvalue weighted by Crippen LogP contribution is -2.32. The molecule has 0 bridgehead atoms. The van der Waals surface area contributed by atoms with Crippen LogP contribution in [0.4, 0.5) is 0 Å². The van der Waals surface area contributed by atoms with E-state index in [4.69, 9.17) is 13.6 Å². The molecule has 14 rings (SSSR count). The smallest absolute Gasteiger partial charge is 0.143 e. The Bertz CT molecular complexity index is 3620. The third kappa shape index (κ3) is 4.13. The SMILES string of the molecule is C1=Cc2oc3c(-c4ccc5c(c4)C4(c6cc(-c7cccc8c7oc7ccccc78)ccc6-5)c5ccc6ccccc6c5Oc5c4ccc4ccccc54)cccc3c2CC1. The number of ether oxygens (including phenoxy) is 1. The van der Waals surface area contributed by atoms with E-state index < -0.39 is 5.41 Å². The van der Waals surface area contributed by atoms with Crippen molar-refractivity contribution in [3.8, 4) is 44.9 Å². The van der Waals surface area contributed by atoms with Gasteiger partial charge in [-0.2, -0.15) is 0 Å². The van der Waals surface area contributed by atoms with Gasteiger partial charge in [0.05, 0.1) is 5.41 Å². The van der Waals surface area contributed by atoms with Gasteiger partial charge in [0.15, 0.2) is 0 Å². The summed E-state index contributed by atoms with van der Waals surface area (Å²) in [6.07, 6.45) is 6.38. The van der Waals surface area contributed by atoms with Gasteiger partial charge in [-0.05, 0) is 81.3 Å². The summed E-state index contributed by atoms with van der Waals surface area (Å²) in [5.74, 6) is 2.78. The number of rotatable bonds is 2. The second kappa shape index (κ2) is 11.7. The van der Waals surface area contributed by atoms with Crippen molar-refractivity contribution in [3.63, 3.8) is 0 Å². The van der Waals surface area contributed by atoms with E-state index in [0.29, 0.717) is 0 Å². The highest BCUT2D eigenvalue weighted by atomic mass is 16.5. The van der Waals surface area contributed by atoms with Gasteiger partial charge in [0.1, 0.15) is 34.0 Å². The molecule has 3 heteroatoms. The summed E-state index contributed by atoms with van der Waals surface area (Å²) in [4.78, 5) is 0. The van der Waals surface area contributed by atoms with Crippen LogP contribution in [0.5, 0.6) is 11.5 Å². The second-order valence-corrected chi connectivity index (χ2v) is 16.5. The maximum absolute atomic E-state index is 7.31. The minimum Gasteiger partial charge on any atom is -0.456 e. The number of para-hydroxylation sites is 3. The highest BCUT2D eigenvalue weighted by Crippen LogP contribution is 2.65. The molecule has 1 aliphatic heterocycles. The van der Waals surface area contributed by atoms with E-state index in [2.05, 4.69) is 176 Å². The summed E-state index contributed by atoms with van der Waals surface area (Å²) in [6.45, 7) is 0. The van der Waals surface area contributed by atoms with E-state index >= 15 is 0 Å². The van der Waals surface area contributed by atoms with Crippen LogP contribution in [0.1, 0.15) is 40.0 Å². The first kappa shape index (κ1) is 32.3. The molecule has 3 heterocycles. The maximum atomic E-state index is 7.31. The average molecular weight is 767 g/mol. The molecular formula is C57H34O3. The highest BCUT2D eigenvalue weighted by molar-refractivity contribution is 6.10. The zero-order valence-electron chi connectivity index (χ0n) is 32.5. The third-order valence-electron chi connectivity index (χ3n) is 13.6. The van der Waals surface area contributed by atoms with Gasteiger partial charge in [0, 0.05) is 54.7 Å². The number of benzene rings is 9. The molecule has 9 aromatic carbocycles. The first-order valence-corrected chi connectivity index (χ1v) is 20.9. The Balaban J connectivity index is 1.11. The Morgan fingerprint density at radius 1 is 0.417 bits per heavy atom. The zero-order valence-corrected chi connectivity index (χ0v) is 32.5. The van der Waals surface area contributed by atoms with Gasteiger partial charge < -0.3 is 13.6 Å². The summed E-state index contributed by atoms with van der Waals surface area (Å²) in [5.41, 5.74) is 14.9. The van der Waals surface area contributed by atoms with E-state index in [1.807, 2.05) is 6.07 Å². The molecule has 280 valence electrons. The predicted molar refractivity (Wildman–Crippen MR) is 244 cm³/mol. The van der Waals surface area contributed by atoms with Crippen molar-refractivity contribution in [2.45, 2.75) is 18.3 Å². The fraction of sp³-hybridized carbons (Fsp3) is 0.0526. The highest BCUT2D eigenvalue weighted by Gasteiger charge is 2.52. The van der Waals surface area contributed by atoms with Crippen LogP contribution in [0.2, 0.25) is 0 Å². The van der Waals surface area contributed by atoms with Crippen LogP contribution in [0.25, 0.3) is 93.9 Å². The van der Waals surface area contributed by atoms with E-state index in [9.17, 15) is 0 Å². The normalized spacial score (nSPS) is 14.4. The zero-order chi connectivity index (χ0) is 39.1. The summed E-state index contributed by atoms with van der Waals surface area (Å²) in [5, 5.41) is 7.94. The number of fused-ring (bicyclic) bond motifs is 19. The van der Waals surface area contributed by atoms with Crippen LogP contribution in [0, 0.1) is 0 Å². The first-order valence-electron chi connectivity index (χ1n) is 20.9. The van der Waals surface area contributed by atoms with Crippen LogP contribution >= 0.6 is 0 Å². The molecule has 60 heavy (non-hydrogen) atoms. The lowest BCUT2D eigenvalue weighted by atomic mass is 9.65. The number of allylic oxidation sites excluding steroid dienone is 1. The molecule has 3 aliphatic rings. The average Bonchev–Trinajstić information content (AvgIpc) is 3.97. The van der Waals surface area contributed by atoms with Crippen LogP contribution < -0.4 is 4.74 Å². The molecule has 0 radical (unpaired) electrons. The minimum absolute atomic E-state index is 0.728. The lowest BCUT2D eigenvalue weighted by molar-refractivity contribution is 0.447. The molecule has 2 aromatic heterocycles. The number of hydrogen-bond donors (Lipinski definition) is 0. The Hall–Kier alpha value is -7.62. The van der Waals surface area contributed by atoms with Crippen LogP contribution in [0.3, 0.4) is 0 Å².